The fourth-order valence-corrected chi connectivity index (χ4v) is 3.20. The number of methoxy groups -OCH3 is 1. The number of carbonyl (C=O) groups is 1. The van der Waals surface area contributed by atoms with E-state index in [0.29, 0.717) is 17.3 Å². The molecule has 7 heteroatoms. The Morgan fingerprint density at radius 3 is 2.62 bits per heavy atom. The highest BCUT2D eigenvalue weighted by molar-refractivity contribution is 6.01. The molecule has 2 heterocycles. The summed E-state index contributed by atoms with van der Waals surface area (Å²) in [6.45, 7) is -0.113. The lowest BCUT2D eigenvalue weighted by Gasteiger charge is -2.14. The summed E-state index contributed by atoms with van der Waals surface area (Å²) in [6, 6.07) is 15.4. The predicted octanol–water partition coefficient (Wildman–Crippen LogP) is 3.66. The summed E-state index contributed by atoms with van der Waals surface area (Å²) in [6.07, 6.45) is 5.19. The van der Waals surface area contributed by atoms with Crippen molar-refractivity contribution >= 4 is 22.5 Å². The van der Waals surface area contributed by atoms with Gasteiger partial charge in [0.15, 0.2) is 12.4 Å². The second kappa shape index (κ2) is 8.02. The molecule has 2 aromatic carbocycles. The Balaban J connectivity index is 1.61. The summed E-state index contributed by atoms with van der Waals surface area (Å²) in [7, 11) is 3.41. The highest BCUT2D eigenvalue weighted by Gasteiger charge is 2.13. The van der Waals surface area contributed by atoms with Gasteiger partial charge in [-0.05, 0) is 29.1 Å². The van der Waals surface area contributed by atoms with Crippen molar-refractivity contribution in [1.82, 2.24) is 14.8 Å². The Morgan fingerprint density at radius 1 is 1.03 bits per heavy atom. The van der Waals surface area contributed by atoms with Gasteiger partial charge in [-0.2, -0.15) is 5.10 Å². The topological polar surface area (TPSA) is 78.3 Å². The fraction of sp³-hybridized carbons (Fsp3) is 0.136. The zero-order valence-corrected chi connectivity index (χ0v) is 16.1. The van der Waals surface area contributed by atoms with Gasteiger partial charge in [-0.3, -0.25) is 14.5 Å². The number of aryl methyl sites for hydroxylation is 1. The summed E-state index contributed by atoms with van der Waals surface area (Å²) in [5.41, 5.74) is 1.95. The Kier molecular flexibility index (Phi) is 5.11. The minimum absolute atomic E-state index is 0.113. The Morgan fingerprint density at radius 2 is 1.86 bits per heavy atom. The van der Waals surface area contributed by atoms with Crippen molar-refractivity contribution in [3.63, 3.8) is 0 Å². The third-order valence-electron chi connectivity index (χ3n) is 4.52. The maximum Gasteiger partial charge on any atom is 0.263 e. The van der Waals surface area contributed by atoms with E-state index in [9.17, 15) is 4.79 Å². The van der Waals surface area contributed by atoms with Crippen LogP contribution in [0.1, 0.15) is 0 Å². The quantitative estimate of drug-likeness (QED) is 0.545. The Hall–Kier alpha value is -3.87. The summed E-state index contributed by atoms with van der Waals surface area (Å²) in [5.74, 6) is 1.55. The van der Waals surface area contributed by atoms with Crippen LogP contribution in [0.3, 0.4) is 0 Å². The van der Waals surface area contributed by atoms with E-state index in [2.05, 4.69) is 15.4 Å². The van der Waals surface area contributed by atoms with Crippen molar-refractivity contribution in [3.05, 3.63) is 67.1 Å². The van der Waals surface area contributed by atoms with Crippen LogP contribution in [0.25, 0.3) is 21.9 Å². The molecule has 0 bridgehead atoms. The van der Waals surface area contributed by atoms with Gasteiger partial charge in [-0.15, -0.1) is 0 Å². The molecule has 0 aliphatic carbocycles. The normalized spacial score (nSPS) is 10.7. The number of hydrogen-bond donors (Lipinski definition) is 1. The molecule has 1 N–H and O–H groups in total. The van der Waals surface area contributed by atoms with Gasteiger partial charge in [0.2, 0.25) is 0 Å². The molecule has 4 aromatic rings. The molecule has 0 spiro atoms. The number of anilines is 1. The van der Waals surface area contributed by atoms with Crippen LogP contribution in [0, 0.1) is 0 Å². The number of nitrogens with one attached hydrogen (secondary N) is 1. The van der Waals surface area contributed by atoms with Crippen LogP contribution in [-0.4, -0.2) is 34.4 Å². The minimum atomic E-state index is -0.271. The maximum absolute atomic E-state index is 12.2. The first-order chi connectivity index (χ1) is 14.2. The van der Waals surface area contributed by atoms with E-state index >= 15 is 0 Å². The molecular formula is C22H20N4O3. The lowest BCUT2D eigenvalue weighted by Crippen LogP contribution is -2.20. The number of fused-ring (bicyclic) bond motifs is 1. The van der Waals surface area contributed by atoms with Gasteiger partial charge in [0.05, 0.1) is 13.3 Å². The molecule has 0 radical (unpaired) electrons. The molecule has 0 aliphatic rings. The van der Waals surface area contributed by atoms with E-state index in [1.54, 1.807) is 43.5 Å². The van der Waals surface area contributed by atoms with Crippen molar-refractivity contribution in [2.75, 3.05) is 19.0 Å². The molecule has 0 aliphatic heterocycles. The van der Waals surface area contributed by atoms with Crippen LogP contribution >= 0.6 is 0 Å². The number of pyridine rings is 1. The van der Waals surface area contributed by atoms with Gasteiger partial charge < -0.3 is 14.8 Å². The van der Waals surface area contributed by atoms with Crippen LogP contribution in [0.4, 0.5) is 5.82 Å². The highest BCUT2D eigenvalue weighted by Crippen LogP contribution is 2.37. The van der Waals surface area contributed by atoms with Crippen LogP contribution in [0.15, 0.2) is 67.1 Å². The number of nitrogens with zero attached hydrogens (tertiary/aromatic N) is 3. The molecule has 0 saturated carbocycles. The van der Waals surface area contributed by atoms with E-state index in [-0.39, 0.29) is 12.5 Å². The van der Waals surface area contributed by atoms with Crippen LogP contribution in [0.2, 0.25) is 0 Å². The fourth-order valence-electron chi connectivity index (χ4n) is 3.20. The van der Waals surface area contributed by atoms with Crippen LogP contribution in [-0.2, 0) is 11.8 Å². The van der Waals surface area contributed by atoms with Gasteiger partial charge in [0.1, 0.15) is 11.5 Å². The maximum atomic E-state index is 12.2. The van der Waals surface area contributed by atoms with Crippen molar-refractivity contribution in [2.24, 2.45) is 7.05 Å². The van der Waals surface area contributed by atoms with Crippen LogP contribution < -0.4 is 14.8 Å². The lowest BCUT2D eigenvalue weighted by atomic mass is 9.98. The van der Waals surface area contributed by atoms with Crippen molar-refractivity contribution < 1.29 is 14.3 Å². The van der Waals surface area contributed by atoms with Gasteiger partial charge in [-0.1, -0.05) is 24.3 Å². The standard InChI is InChI=1S/C22H20N4O3/c1-26-12-10-21(25-26)24-22(27)14-29-19-8-7-16(15-5-3-4-6-17(15)19)18-9-11-23-13-20(18)28-2/h3-13H,14H2,1-2H3,(H,24,25,27). The Labute approximate surface area is 167 Å². The van der Waals surface area contributed by atoms with E-state index in [4.69, 9.17) is 9.47 Å². The number of carbonyl (C=O) groups excluding carboxylic acids is 1. The Bertz CT molecular complexity index is 1170. The number of ether oxygens (including phenoxy) is 2. The first-order valence-electron chi connectivity index (χ1n) is 9.08. The van der Waals surface area contributed by atoms with Crippen molar-refractivity contribution in [3.8, 4) is 22.6 Å². The van der Waals surface area contributed by atoms with Gasteiger partial charge in [0, 0.05) is 36.5 Å². The zero-order valence-electron chi connectivity index (χ0n) is 16.1. The third kappa shape index (κ3) is 3.89. The molecule has 0 unspecified atom stereocenters. The van der Waals surface area contributed by atoms with Gasteiger partial charge in [-0.25, -0.2) is 0 Å². The van der Waals surface area contributed by atoms with E-state index < -0.39 is 0 Å². The molecule has 2 aromatic heterocycles. The smallest absolute Gasteiger partial charge is 0.263 e. The molecule has 0 fully saturated rings. The monoisotopic (exact) mass is 388 g/mol. The highest BCUT2D eigenvalue weighted by atomic mass is 16.5. The van der Waals surface area contributed by atoms with Crippen LogP contribution in [0.5, 0.6) is 11.5 Å². The average Bonchev–Trinajstić information content (AvgIpc) is 3.16. The first kappa shape index (κ1) is 18.5. The molecule has 7 nitrogen and oxygen atoms in total. The zero-order chi connectivity index (χ0) is 20.2. The molecule has 146 valence electrons. The van der Waals surface area contributed by atoms with Crippen molar-refractivity contribution in [1.29, 1.82) is 0 Å². The molecule has 1 amide bonds. The number of hydrogen-bond acceptors (Lipinski definition) is 5. The van der Waals surface area contributed by atoms with Gasteiger partial charge in [0.25, 0.3) is 5.91 Å². The molecule has 0 saturated heterocycles. The number of rotatable bonds is 6. The molecule has 4 rings (SSSR count). The number of amides is 1. The van der Waals surface area contributed by atoms with E-state index in [1.807, 2.05) is 42.5 Å². The summed E-state index contributed by atoms with van der Waals surface area (Å²) >= 11 is 0. The summed E-state index contributed by atoms with van der Waals surface area (Å²) in [4.78, 5) is 16.3. The van der Waals surface area contributed by atoms with E-state index in [1.165, 1.54) is 0 Å². The average molecular weight is 388 g/mol. The van der Waals surface area contributed by atoms with E-state index in [0.717, 1.165) is 21.9 Å². The molecule has 0 atom stereocenters. The van der Waals surface area contributed by atoms with Crippen molar-refractivity contribution in [2.45, 2.75) is 0 Å². The summed E-state index contributed by atoms with van der Waals surface area (Å²) in [5, 5.41) is 8.75. The predicted molar refractivity (Wildman–Crippen MR) is 111 cm³/mol. The second-order valence-electron chi connectivity index (χ2n) is 6.44. The minimum Gasteiger partial charge on any atom is -0.494 e. The third-order valence-corrected chi connectivity index (χ3v) is 4.52. The number of aromatic nitrogens is 3. The largest absolute Gasteiger partial charge is 0.494 e. The molecule has 29 heavy (non-hydrogen) atoms. The lowest BCUT2D eigenvalue weighted by molar-refractivity contribution is -0.118. The first-order valence-corrected chi connectivity index (χ1v) is 9.08. The van der Waals surface area contributed by atoms with Gasteiger partial charge >= 0.3 is 0 Å². The second-order valence-corrected chi connectivity index (χ2v) is 6.44. The summed E-state index contributed by atoms with van der Waals surface area (Å²) < 4.78 is 12.9. The number of benzene rings is 2. The SMILES string of the molecule is COc1cnccc1-c1ccc(OCC(=O)Nc2ccn(C)n2)c2ccccc12. The molecular weight excluding hydrogens is 368 g/mol.